The van der Waals surface area contributed by atoms with E-state index >= 15 is 0 Å². The van der Waals surface area contributed by atoms with Gasteiger partial charge in [0.25, 0.3) is 0 Å². The van der Waals surface area contributed by atoms with Crippen LogP contribution in [0.5, 0.6) is 0 Å². The average Bonchev–Trinajstić information content (AvgIpc) is 0.908. The molecule has 0 bridgehead atoms. The molecule has 3 unspecified atom stereocenters. The molecule has 17 nitrogen and oxygen atoms in total. The number of esters is 4. The van der Waals surface area contributed by atoms with Crippen LogP contribution in [0.2, 0.25) is 0 Å². The molecule has 0 amide bonds. The third kappa shape index (κ3) is 76.6. The van der Waals surface area contributed by atoms with Crippen LogP contribution in [0.1, 0.15) is 446 Å². The Morgan fingerprint density at radius 2 is 0.495 bits per heavy atom. The Morgan fingerprint density at radius 1 is 0.282 bits per heavy atom. The van der Waals surface area contributed by atoms with E-state index in [-0.39, 0.29) is 25.7 Å². The van der Waals surface area contributed by atoms with E-state index in [4.69, 9.17) is 37.0 Å². The summed E-state index contributed by atoms with van der Waals surface area (Å²) in [6, 6.07) is 0. The van der Waals surface area contributed by atoms with Gasteiger partial charge in [0.2, 0.25) is 0 Å². The van der Waals surface area contributed by atoms with Crippen LogP contribution in [-0.2, 0) is 65.4 Å². The van der Waals surface area contributed by atoms with Crippen molar-refractivity contribution in [3.63, 3.8) is 0 Å². The van der Waals surface area contributed by atoms with Gasteiger partial charge in [0.1, 0.15) is 19.3 Å². The van der Waals surface area contributed by atoms with Crippen LogP contribution in [0.4, 0.5) is 0 Å². The molecule has 0 rings (SSSR count). The third-order valence-electron chi connectivity index (χ3n) is 20.1. The van der Waals surface area contributed by atoms with Gasteiger partial charge in [-0.25, -0.2) is 9.13 Å². The number of carbonyl (C=O) groups excluding carboxylic acids is 4. The summed E-state index contributed by atoms with van der Waals surface area (Å²) >= 11 is 0. The largest absolute Gasteiger partial charge is 0.472 e. The normalized spacial score (nSPS) is 14.1. The van der Waals surface area contributed by atoms with Gasteiger partial charge in [0.05, 0.1) is 26.4 Å². The van der Waals surface area contributed by atoms with Crippen LogP contribution in [-0.4, -0.2) is 96.7 Å². The highest BCUT2D eigenvalue weighted by molar-refractivity contribution is 7.47. The van der Waals surface area contributed by atoms with Crippen LogP contribution < -0.4 is 0 Å². The summed E-state index contributed by atoms with van der Waals surface area (Å²) in [5.74, 6) is -0.557. The highest BCUT2D eigenvalue weighted by Gasteiger charge is 2.30. The van der Waals surface area contributed by atoms with Gasteiger partial charge >= 0.3 is 39.5 Å². The summed E-state index contributed by atoms with van der Waals surface area (Å²) in [5.41, 5.74) is 0. The first kappa shape index (κ1) is 101. The van der Waals surface area contributed by atoms with Crippen LogP contribution in [0, 0.1) is 11.8 Å². The van der Waals surface area contributed by atoms with Gasteiger partial charge in [-0.1, -0.05) is 395 Å². The van der Waals surface area contributed by atoms with E-state index < -0.39 is 97.5 Å². The Bertz CT molecular complexity index is 1980. The van der Waals surface area contributed by atoms with Gasteiger partial charge < -0.3 is 33.8 Å². The number of hydrogen-bond acceptors (Lipinski definition) is 15. The molecule has 103 heavy (non-hydrogen) atoms. The molecule has 6 atom stereocenters. The second-order valence-electron chi connectivity index (χ2n) is 30.9. The summed E-state index contributed by atoms with van der Waals surface area (Å²) in [4.78, 5) is 73.0. The van der Waals surface area contributed by atoms with Crippen molar-refractivity contribution in [2.24, 2.45) is 11.8 Å². The minimum atomic E-state index is -4.96. The molecular weight excluding hydrogens is 1340 g/mol. The van der Waals surface area contributed by atoms with E-state index in [2.05, 4.69) is 41.5 Å². The SMILES string of the molecule is CCCCCCCCCCCCCCCCCCCCCCC(=O)OC[C@H](COP(=O)(O)OC[C@@H](O)COP(=O)(O)OC[C@@H](COC(=O)CCCCCCCCC(C)C)OC(=O)CCCCCCCCCCCCCC)OC(=O)CCCCCCCCCCCCCCCCCCCCC(C)CC. The Morgan fingerprint density at radius 3 is 0.738 bits per heavy atom. The van der Waals surface area contributed by atoms with E-state index in [1.54, 1.807) is 0 Å². The highest BCUT2D eigenvalue weighted by atomic mass is 31.2. The van der Waals surface area contributed by atoms with Crippen LogP contribution in [0.25, 0.3) is 0 Å². The molecule has 0 aromatic rings. The second kappa shape index (κ2) is 75.5. The number of phosphoric acid groups is 2. The summed E-state index contributed by atoms with van der Waals surface area (Å²) in [7, 11) is -9.92. The minimum absolute atomic E-state index is 0.107. The average molecular weight is 1510 g/mol. The molecular formula is C84H164O17P2. The summed E-state index contributed by atoms with van der Waals surface area (Å²) in [6.45, 7) is 9.63. The maximum atomic E-state index is 13.1. The smallest absolute Gasteiger partial charge is 0.462 e. The van der Waals surface area contributed by atoms with Crippen molar-refractivity contribution in [1.29, 1.82) is 0 Å². The lowest BCUT2D eigenvalue weighted by atomic mass is 9.99. The topological polar surface area (TPSA) is 237 Å². The molecule has 3 N–H and O–H groups in total. The second-order valence-corrected chi connectivity index (χ2v) is 33.8. The summed E-state index contributed by atoms with van der Waals surface area (Å²) < 4.78 is 68.7. The first-order valence-electron chi connectivity index (χ1n) is 43.5. The molecule has 612 valence electrons. The molecule has 0 saturated carbocycles. The van der Waals surface area contributed by atoms with E-state index in [0.717, 1.165) is 102 Å². The maximum absolute atomic E-state index is 13.1. The Balaban J connectivity index is 5.18. The van der Waals surface area contributed by atoms with E-state index in [9.17, 15) is 43.2 Å². The number of aliphatic hydroxyl groups excluding tert-OH is 1. The van der Waals surface area contributed by atoms with Crippen molar-refractivity contribution in [3.8, 4) is 0 Å². The van der Waals surface area contributed by atoms with Crippen molar-refractivity contribution in [3.05, 3.63) is 0 Å². The Labute approximate surface area is 632 Å². The zero-order valence-electron chi connectivity index (χ0n) is 67.6. The van der Waals surface area contributed by atoms with Crippen molar-refractivity contribution in [2.75, 3.05) is 39.6 Å². The minimum Gasteiger partial charge on any atom is -0.462 e. The van der Waals surface area contributed by atoms with Crippen LogP contribution in [0.15, 0.2) is 0 Å². The predicted octanol–water partition coefficient (Wildman–Crippen LogP) is 25.5. The zero-order valence-corrected chi connectivity index (χ0v) is 69.4. The summed E-state index contributed by atoms with van der Waals surface area (Å²) in [6.07, 6.45) is 66.9. The zero-order chi connectivity index (χ0) is 75.6. The van der Waals surface area contributed by atoms with E-state index in [1.165, 1.54) is 257 Å². The lowest BCUT2D eigenvalue weighted by Gasteiger charge is -2.21. The Kier molecular flexibility index (Phi) is 74.1. The highest BCUT2D eigenvalue weighted by Crippen LogP contribution is 2.45. The fraction of sp³-hybridized carbons (Fsp3) is 0.952. The fourth-order valence-corrected chi connectivity index (χ4v) is 14.6. The van der Waals surface area contributed by atoms with Crippen molar-refractivity contribution < 1.29 is 80.2 Å². The van der Waals surface area contributed by atoms with E-state index in [0.29, 0.717) is 31.6 Å². The Hall–Kier alpha value is -1.94. The van der Waals surface area contributed by atoms with Crippen LogP contribution in [0.3, 0.4) is 0 Å². The van der Waals surface area contributed by atoms with Gasteiger partial charge in [-0.15, -0.1) is 0 Å². The van der Waals surface area contributed by atoms with Gasteiger partial charge in [-0.05, 0) is 37.5 Å². The van der Waals surface area contributed by atoms with Gasteiger partial charge in [0.15, 0.2) is 12.2 Å². The van der Waals surface area contributed by atoms with Crippen molar-refractivity contribution in [1.82, 2.24) is 0 Å². The molecule has 0 aliphatic carbocycles. The monoisotopic (exact) mass is 1510 g/mol. The van der Waals surface area contributed by atoms with Gasteiger partial charge in [-0.3, -0.25) is 37.3 Å². The molecule has 0 spiro atoms. The standard InChI is InChI=1S/C84H164O17P2/c1-7-10-12-14-16-18-20-22-23-24-25-26-30-33-36-40-43-47-54-60-66-81(86)94-72-79(100-84(89)69-63-57-49-45-41-37-34-31-28-27-29-32-35-38-42-46-53-59-65-77(6)9-3)74-98-102(90,91)96-70-78(85)71-97-103(92,93)99-75-80(73-95-82(87)67-61-55-51-50-52-58-64-76(4)5)101-83(88)68-62-56-48-44-39-21-19-17-15-13-11-8-2/h76-80,85H,7-75H2,1-6H3,(H,90,91)(H,92,93)/t77?,78-,79-,80-/m1/s1. The van der Waals surface area contributed by atoms with Gasteiger partial charge in [0, 0.05) is 25.7 Å². The van der Waals surface area contributed by atoms with Gasteiger partial charge in [-0.2, -0.15) is 0 Å². The number of carbonyl (C=O) groups is 4. The molecule has 0 aromatic carbocycles. The molecule has 0 heterocycles. The fourth-order valence-electron chi connectivity index (χ4n) is 13.0. The molecule has 19 heteroatoms. The molecule has 0 fully saturated rings. The van der Waals surface area contributed by atoms with E-state index in [1.807, 2.05) is 0 Å². The summed E-state index contributed by atoms with van der Waals surface area (Å²) in [5, 5.41) is 10.6. The first-order chi connectivity index (χ1) is 49.9. The number of rotatable bonds is 83. The number of aliphatic hydroxyl groups is 1. The van der Waals surface area contributed by atoms with Crippen molar-refractivity contribution in [2.45, 2.75) is 464 Å². The molecule has 0 aromatic heterocycles. The maximum Gasteiger partial charge on any atom is 0.472 e. The van der Waals surface area contributed by atoms with Crippen LogP contribution >= 0.6 is 15.6 Å². The quantitative estimate of drug-likeness (QED) is 0.0222. The molecule has 0 radical (unpaired) electrons. The number of unbranched alkanes of at least 4 members (excludes halogenated alkanes) is 52. The molecule has 0 aliphatic heterocycles. The molecule has 0 saturated heterocycles. The number of hydrogen-bond donors (Lipinski definition) is 3. The lowest BCUT2D eigenvalue weighted by Crippen LogP contribution is -2.30. The first-order valence-corrected chi connectivity index (χ1v) is 46.5. The number of ether oxygens (including phenoxy) is 4. The van der Waals surface area contributed by atoms with Crippen molar-refractivity contribution >= 4 is 39.5 Å². The predicted molar refractivity (Wildman–Crippen MR) is 423 cm³/mol. The number of phosphoric ester groups is 2. The third-order valence-corrected chi connectivity index (χ3v) is 22.0. The lowest BCUT2D eigenvalue weighted by molar-refractivity contribution is -0.161. The molecule has 0 aliphatic rings.